The summed E-state index contributed by atoms with van der Waals surface area (Å²) in [5.41, 5.74) is 3.60. The molecule has 0 amide bonds. The molecule has 0 bridgehead atoms. The molecule has 1 aromatic carbocycles. The molecule has 0 aliphatic heterocycles. The third-order valence-corrected chi connectivity index (χ3v) is 4.98. The highest BCUT2D eigenvalue weighted by Crippen LogP contribution is 2.27. The average Bonchev–Trinajstić information content (AvgIpc) is 2.94. The van der Waals surface area contributed by atoms with E-state index in [0.717, 1.165) is 19.3 Å². The smallest absolute Gasteiger partial charge is 0.281 e. The second-order valence-corrected chi connectivity index (χ2v) is 6.65. The van der Waals surface area contributed by atoms with Crippen LogP contribution in [0.25, 0.3) is 0 Å². The standard InChI is InChI=1S/C15H17N3O2S/c1-16-14-6-3-9-17-15(14)21(19,20)18-13-8-7-11-4-2-5-12(11)10-13/h3,6-10,16,18H,2,4-5H2,1H3. The van der Waals surface area contributed by atoms with Crippen molar-refractivity contribution < 1.29 is 8.42 Å². The van der Waals surface area contributed by atoms with Gasteiger partial charge in [0.2, 0.25) is 0 Å². The second kappa shape index (κ2) is 5.37. The summed E-state index contributed by atoms with van der Waals surface area (Å²) in [6.07, 6.45) is 4.69. The van der Waals surface area contributed by atoms with Gasteiger partial charge in [0.05, 0.1) is 5.69 Å². The van der Waals surface area contributed by atoms with E-state index in [4.69, 9.17) is 0 Å². The zero-order chi connectivity index (χ0) is 14.9. The van der Waals surface area contributed by atoms with Gasteiger partial charge >= 0.3 is 0 Å². The summed E-state index contributed by atoms with van der Waals surface area (Å²) in [6.45, 7) is 0. The highest BCUT2D eigenvalue weighted by atomic mass is 32.2. The molecule has 110 valence electrons. The molecule has 2 aromatic rings. The molecule has 1 aliphatic carbocycles. The molecule has 5 nitrogen and oxygen atoms in total. The van der Waals surface area contributed by atoms with Gasteiger partial charge in [-0.2, -0.15) is 8.42 Å². The molecule has 3 rings (SSSR count). The molecule has 0 unspecified atom stereocenters. The minimum Gasteiger partial charge on any atom is -0.386 e. The van der Waals surface area contributed by atoms with E-state index in [2.05, 4.69) is 15.0 Å². The van der Waals surface area contributed by atoms with Crippen LogP contribution in [-0.4, -0.2) is 20.4 Å². The summed E-state index contributed by atoms with van der Waals surface area (Å²) in [6, 6.07) is 9.10. The molecule has 21 heavy (non-hydrogen) atoms. The number of benzene rings is 1. The Morgan fingerprint density at radius 3 is 2.76 bits per heavy atom. The van der Waals surface area contributed by atoms with Gasteiger partial charge in [-0.15, -0.1) is 0 Å². The second-order valence-electron chi connectivity index (χ2n) is 5.05. The fourth-order valence-corrected chi connectivity index (χ4v) is 3.83. The summed E-state index contributed by atoms with van der Waals surface area (Å²) in [5.74, 6) is 0. The Kier molecular flexibility index (Phi) is 3.55. The van der Waals surface area contributed by atoms with Gasteiger partial charge in [-0.3, -0.25) is 4.72 Å². The molecule has 0 saturated carbocycles. The van der Waals surface area contributed by atoms with Crippen LogP contribution in [0.1, 0.15) is 17.5 Å². The van der Waals surface area contributed by atoms with Crippen LogP contribution in [0.2, 0.25) is 0 Å². The average molecular weight is 303 g/mol. The lowest BCUT2D eigenvalue weighted by Crippen LogP contribution is -2.16. The fraction of sp³-hybridized carbons (Fsp3) is 0.267. The summed E-state index contributed by atoms with van der Waals surface area (Å²) >= 11 is 0. The van der Waals surface area contributed by atoms with E-state index in [1.807, 2.05) is 18.2 Å². The van der Waals surface area contributed by atoms with Gasteiger partial charge in [0, 0.05) is 18.9 Å². The number of sulfonamides is 1. The van der Waals surface area contributed by atoms with Crippen LogP contribution in [0.4, 0.5) is 11.4 Å². The Hall–Kier alpha value is -2.08. The highest BCUT2D eigenvalue weighted by Gasteiger charge is 2.20. The Balaban J connectivity index is 1.93. The van der Waals surface area contributed by atoms with E-state index in [0.29, 0.717) is 11.4 Å². The third-order valence-electron chi connectivity index (χ3n) is 3.65. The van der Waals surface area contributed by atoms with Crippen LogP contribution >= 0.6 is 0 Å². The van der Waals surface area contributed by atoms with Gasteiger partial charge in [-0.05, 0) is 54.7 Å². The molecule has 0 fully saturated rings. The first-order valence-corrected chi connectivity index (χ1v) is 8.36. The maximum atomic E-state index is 12.5. The zero-order valence-corrected chi connectivity index (χ0v) is 12.6. The predicted octanol–water partition coefficient (Wildman–Crippen LogP) is 2.41. The van der Waals surface area contributed by atoms with Crippen LogP contribution in [0.3, 0.4) is 0 Å². The number of rotatable bonds is 4. The molecule has 1 aromatic heterocycles. The first kappa shape index (κ1) is 13.9. The molecule has 0 saturated heterocycles. The Morgan fingerprint density at radius 1 is 1.14 bits per heavy atom. The van der Waals surface area contributed by atoms with E-state index >= 15 is 0 Å². The van der Waals surface area contributed by atoms with Crippen molar-refractivity contribution in [1.29, 1.82) is 0 Å². The van der Waals surface area contributed by atoms with Crippen LogP contribution < -0.4 is 10.0 Å². The molecule has 1 aliphatic rings. The lowest BCUT2D eigenvalue weighted by Gasteiger charge is -2.11. The number of nitrogens with one attached hydrogen (secondary N) is 2. The van der Waals surface area contributed by atoms with E-state index in [9.17, 15) is 8.42 Å². The van der Waals surface area contributed by atoms with Gasteiger partial charge in [-0.1, -0.05) is 6.07 Å². The van der Waals surface area contributed by atoms with Crippen LogP contribution in [0, 0.1) is 0 Å². The minimum atomic E-state index is -3.70. The summed E-state index contributed by atoms with van der Waals surface area (Å²) < 4.78 is 27.5. The van der Waals surface area contributed by atoms with Crippen molar-refractivity contribution in [1.82, 2.24) is 4.98 Å². The summed E-state index contributed by atoms with van der Waals surface area (Å²) in [4.78, 5) is 3.98. The molecule has 2 N–H and O–H groups in total. The molecule has 6 heteroatoms. The van der Waals surface area contributed by atoms with Crippen molar-refractivity contribution in [2.75, 3.05) is 17.1 Å². The molecular formula is C15H17N3O2S. The quantitative estimate of drug-likeness (QED) is 0.910. The van der Waals surface area contributed by atoms with E-state index < -0.39 is 10.0 Å². The Bertz CT molecular complexity index is 772. The van der Waals surface area contributed by atoms with Crippen molar-refractivity contribution >= 4 is 21.4 Å². The first-order chi connectivity index (χ1) is 10.1. The van der Waals surface area contributed by atoms with E-state index in [1.165, 1.54) is 17.3 Å². The maximum Gasteiger partial charge on any atom is 0.281 e. The SMILES string of the molecule is CNc1cccnc1S(=O)(=O)Nc1ccc2c(c1)CCC2. The summed E-state index contributed by atoms with van der Waals surface area (Å²) in [5, 5.41) is 2.85. The van der Waals surface area contributed by atoms with Gasteiger partial charge in [0.25, 0.3) is 10.0 Å². The number of aromatic nitrogens is 1. The lowest BCUT2D eigenvalue weighted by molar-refractivity contribution is 0.598. The number of aryl methyl sites for hydroxylation is 2. The van der Waals surface area contributed by atoms with Crippen molar-refractivity contribution in [2.24, 2.45) is 0 Å². The zero-order valence-electron chi connectivity index (χ0n) is 11.8. The third kappa shape index (κ3) is 2.71. The fourth-order valence-electron chi connectivity index (χ4n) is 2.63. The van der Waals surface area contributed by atoms with Crippen molar-refractivity contribution in [2.45, 2.75) is 24.3 Å². The van der Waals surface area contributed by atoms with Crippen molar-refractivity contribution in [3.63, 3.8) is 0 Å². The number of hydrogen-bond acceptors (Lipinski definition) is 4. The normalized spacial score (nSPS) is 13.8. The summed E-state index contributed by atoms with van der Waals surface area (Å²) in [7, 11) is -2.03. The van der Waals surface area contributed by atoms with Crippen molar-refractivity contribution in [3.8, 4) is 0 Å². The molecule has 0 atom stereocenters. The molecule has 0 radical (unpaired) electrons. The highest BCUT2D eigenvalue weighted by molar-refractivity contribution is 7.92. The number of hydrogen-bond donors (Lipinski definition) is 2. The lowest BCUT2D eigenvalue weighted by atomic mass is 10.1. The number of pyridine rings is 1. The topological polar surface area (TPSA) is 71.1 Å². The Labute approximate surface area is 124 Å². The largest absolute Gasteiger partial charge is 0.386 e. The van der Waals surface area contributed by atoms with Crippen LogP contribution in [0.5, 0.6) is 0 Å². The van der Waals surface area contributed by atoms with Crippen molar-refractivity contribution in [3.05, 3.63) is 47.7 Å². The monoisotopic (exact) mass is 303 g/mol. The predicted molar refractivity (Wildman–Crippen MR) is 83.1 cm³/mol. The first-order valence-electron chi connectivity index (χ1n) is 6.87. The van der Waals surface area contributed by atoms with Crippen LogP contribution in [0.15, 0.2) is 41.6 Å². The minimum absolute atomic E-state index is 0.00741. The van der Waals surface area contributed by atoms with E-state index in [-0.39, 0.29) is 5.03 Å². The van der Waals surface area contributed by atoms with Gasteiger partial charge in [0.1, 0.15) is 0 Å². The van der Waals surface area contributed by atoms with Gasteiger partial charge in [0.15, 0.2) is 5.03 Å². The molecular weight excluding hydrogens is 286 g/mol. The molecule has 1 heterocycles. The van der Waals surface area contributed by atoms with Gasteiger partial charge in [-0.25, -0.2) is 4.98 Å². The number of nitrogens with zero attached hydrogens (tertiary/aromatic N) is 1. The number of fused-ring (bicyclic) bond motifs is 1. The number of anilines is 2. The van der Waals surface area contributed by atoms with Gasteiger partial charge < -0.3 is 5.32 Å². The van der Waals surface area contributed by atoms with E-state index in [1.54, 1.807) is 19.2 Å². The maximum absolute atomic E-state index is 12.5. The van der Waals surface area contributed by atoms with Crippen LogP contribution in [-0.2, 0) is 22.9 Å². The Morgan fingerprint density at radius 2 is 1.95 bits per heavy atom. The molecule has 0 spiro atoms.